The molecule has 0 radical (unpaired) electrons. The summed E-state index contributed by atoms with van der Waals surface area (Å²) in [6.07, 6.45) is 0.893. The number of rotatable bonds is 3. The van der Waals surface area contributed by atoms with Gasteiger partial charge in [0.1, 0.15) is 5.82 Å². The van der Waals surface area contributed by atoms with Crippen molar-refractivity contribution in [3.05, 3.63) is 69.4 Å². The van der Waals surface area contributed by atoms with Crippen LogP contribution in [0.15, 0.2) is 46.9 Å². The second-order valence-corrected chi connectivity index (χ2v) is 6.73. The van der Waals surface area contributed by atoms with Crippen molar-refractivity contribution < 1.29 is 14.3 Å². The number of fused-ring (bicyclic) bond motifs is 1. The van der Waals surface area contributed by atoms with E-state index in [9.17, 15) is 14.3 Å². The van der Waals surface area contributed by atoms with E-state index in [0.717, 1.165) is 17.5 Å². The quantitative estimate of drug-likeness (QED) is 0.861. The van der Waals surface area contributed by atoms with E-state index in [-0.39, 0.29) is 24.2 Å². The molecule has 0 saturated heterocycles. The van der Waals surface area contributed by atoms with E-state index in [2.05, 4.69) is 21.2 Å². The van der Waals surface area contributed by atoms with Crippen LogP contribution in [0.2, 0.25) is 0 Å². The van der Waals surface area contributed by atoms with Crippen molar-refractivity contribution in [3.63, 3.8) is 0 Å². The first kappa shape index (κ1) is 16.1. The van der Waals surface area contributed by atoms with Gasteiger partial charge in [-0.15, -0.1) is 0 Å². The van der Waals surface area contributed by atoms with Crippen LogP contribution in [-0.2, 0) is 17.6 Å². The summed E-state index contributed by atoms with van der Waals surface area (Å²) in [6.45, 7) is 0. The number of nitrogens with one attached hydrogen (secondary N) is 1. The highest BCUT2D eigenvalue weighted by atomic mass is 79.9. The van der Waals surface area contributed by atoms with Crippen LogP contribution in [0.1, 0.15) is 29.2 Å². The average molecular weight is 378 g/mol. The van der Waals surface area contributed by atoms with Gasteiger partial charge in [0, 0.05) is 4.47 Å². The van der Waals surface area contributed by atoms with Crippen LogP contribution in [0.3, 0.4) is 0 Å². The number of hydrogen-bond acceptors (Lipinski definition) is 2. The minimum absolute atomic E-state index is 0.0846. The lowest BCUT2D eigenvalue weighted by Gasteiger charge is -2.30. The van der Waals surface area contributed by atoms with Crippen molar-refractivity contribution in [3.8, 4) is 0 Å². The molecule has 1 aliphatic rings. The zero-order chi connectivity index (χ0) is 16.4. The summed E-state index contributed by atoms with van der Waals surface area (Å²) in [7, 11) is 0. The van der Waals surface area contributed by atoms with E-state index in [0.29, 0.717) is 16.5 Å². The zero-order valence-electron chi connectivity index (χ0n) is 12.4. The van der Waals surface area contributed by atoms with Gasteiger partial charge in [0.05, 0.1) is 18.6 Å². The van der Waals surface area contributed by atoms with Crippen molar-refractivity contribution in [2.24, 2.45) is 0 Å². The number of halogens is 2. The van der Waals surface area contributed by atoms with Gasteiger partial charge in [0.15, 0.2) is 0 Å². The summed E-state index contributed by atoms with van der Waals surface area (Å²) < 4.78 is 14.0. The monoisotopic (exact) mass is 377 g/mol. The largest absolute Gasteiger partial charge is 0.386 e. The van der Waals surface area contributed by atoms with E-state index < -0.39 is 6.10 Å². The molecule has 2 unspecified atom stereocenters. The summed E-state index contributed by atoms with van der Waals surface area (Å²) in [6, 6.07) is 11.8. The van der Waals surface area contributed by atoms with Crippen molar-refractivity contribution in [1.82, 2.24) is 5.32 Å². The standard InChI is InChI=1S/C18H17BrFNO2/c19-13-7-11(8-14(20)10-13)9-17(22)21-16-6-5-12-3-1-2-4-15(12)18(16)23/h1-4,7-8,10,16,18,23H,5-6,9H2,(H,21,22). The highest BCUT2D eigenvalue weighted by Gasteiger charge is 2.28. The van der Waals surface area contributed by atoms with Gasteiger partial charge < -0.3 is 10.4 Å². The van der Waals surface area contributed by atoms with Gasteiger partial charge in [-0.25, -0.2) is 4.39 Å². The first-order valence-corrected chi connectivity index (χ1v) is 8.32. The topological polar surface area (TPSA) is 49.3 Å². The lowest BCUT2D eigenvalue weighted by Crippen LogP contribution is -2.42. The summed E-state index contributed by atoms with van der Waals surface area (Å²) in [5, 5.41) is 13.3. The third-order valence-electron chi connectivity index (χ3n) is 4.11. The minimum atomic E-state index is -0.705. The Morgan fingerprint density at radius 3 is 2.87 bits per heavy atom. The molecule has 2 N–H and O–H groups in total. The predicted molar refractivity (Wildman–Crippen MR) is 89.5 cm³/mol. The smallest absolute Gasteiger partial charge is 0.224 e. The number of hydrogen-bond donors (Lipinski definition) is 2. The van der Waals surface area contributed by atoms with Crippen LogP contribution < -0.4 is 5.32 Å². The fourth-order valence-electron chi connectivity index (χ4n) is 3.04. The Labute approximate surface area is 142 Å². The third kappa shape index (κ3) is 3.79. The number of benzene rings is 2. The lowest BCUT2D eigenvalue weighted by atomic mass is 9.86. The number of aliphatic hydroxyl groups is 1. The number of carbonyl (C=O) groups is 1. The van der Waals surface area contributed by atoms with Gasteiger partial charge in [-0.3, -0.25) is 4.79 Å². The molecule has 0 bridgehead atoms. The number of carbonyl (C=O) groups excluding carboxylic acids is 1. The molecule has 0 heterocycles. The Morgan fingerprint density at radius 1 is 1.30 bits per heavy atom. The van der Waals surface area contributed by atoms with Gasteiger partial charge in [-0.2, -0.15) is 0 Å². The van der Waals surface area contributed by atoms with Gasteiger partial charge in [0.25, 0.3) is 0 Å². The van der Waals surface area contributed by atoms with Crippen LogP contribution in [0.5, 0.6) is 0 Å². The molecule has 3 nitrogen and oxygen atoms in total. The maximum atomic E-state index is 13.4. The average Bonchev–Trinajstić information content (AvgIpc) is 2.49. The van der Waals surface area contributed by atoms with Gasteiger partial charge in [0.2, 0.25) is 5.91 Å². The summed E-state index contributed by atoms with van der Waals surface area (Å²) in [4.78, 5) is 12.2. The molecular formula is C18H17BrFNO2. The molecular weight excluding hydrogens is 361 g/mol. The molecule has 1 aliphatic carbocycles. The van der Waals surface area contributed by atoms with Crippen molar-refractivity contribution in [1.29, 1.82) is 0 Å². The maximum absolute atomic E-state index is 13.4. The maximum Gasteiger partial charge on any atom is 0.224 e. The Bertz CT molecular complexity index is 714. The van der Waals surface area contributed by atoms with Crippen LogP contribution >= 0.6 is 15.9 Å². The molecule has 0 aromatic heterocycles. The van der Waals surface area contributed by atoms with E-state index in [1.54, 1.807) is 6.07 Å². The molecule has 2 aromatic carbocycles. The molecule has 0 aliphatic heterocycles. The van der Waals surface area contributed by atoms with E-state index in [1.165, 1.54) is 12.1 Å². The first-order valence-electron chi connectivity index (χ1n) is 7.53. The molecule has 0 fully saturated rings. The van der Waals surface area contributed by atoms with Crippen LogP contribution in [0.4, 0.5) is 4.39 Å². The first-order chi connectivity index (χ1) is 11.0. The molecule has 23 heavy (non-hydrogen) atoms. The second kappa shape index (κ2) is 6.81. The fraction of sp³-hybridized carbons (Fsp3) is 0.278. The number of aryl methyl sites for hydroxylation is 1. The van der Waals surface area contributed by atoms with Crippen molar-refractivity contribution in [2.45, 2.75) is 31.4 Å². The Kier molecular flexibility index (Phi) is 4.78. The molecule has 5 heteroatoms. The summed E-state index contributed by atoms with van der Waals surface area (Å²) >= 11 is 3.22. The molecule has 3 rings (SSSR count). The molecule has 2 atom stereocenters. The van der Waals surface area contributed by atoms with E-state index >= 15 is 0 Å². The molecule has 1 amide bonds. The highest BCUT2D eigenvalue weighted by Crippen LogP contribution is 2.29. The van der Waals surface area contributed by atoms with Crippen LogP contribution in [-0.4, -0.2) is 17.1 Å². The normalized spacial score (nSPS) is 20.0. The van der Waals surface area contributed by atoms with Gasteiger partial charge in [-0.05, 0) is 47.7 Å². The Hall–Kier alpha value is -1.72. The number of aliphatic hydroxyl groups excluding tert-OH is 1. The van der Waals surface area contributed by atoms with Crippen molar-refractivity contribution in [2.75, 3.05) is 0 Å². The zero-order valence-corrected chi connectivity index (χ0v) is 14.0. The molecule has 2 aromatic rings. The highest BCUT2D eigenvalue weighted by molar-refractivity contribution is 9.10. The Balaban J connectivity index is 1.67. The fourth-order valence-corrected chi connectivity index (χ4v) is 3.56. The summed E-state index contributed by atoms with van der Waals surface area (Å²) in [5.74, 6) is -0.597. The summed E-state index contributed by atoms with van der Waals surface area (Å²) in [5.41, 5.74) is 2.59. The minimum Gasteiger partial charge on any atom is -0.386 e. The third-order valence-corrected chi connectivity index (χ3v) is 4.57. The van der Waals surface area contributed by atoms with Crippen LogP contribution in [0, 0.1) is 5.82 Å². The van der Waals surface area contributed by atoms with Gasteiger partial charge >= 0.3 is 0 Å². The van der Waals surface area contributed by atoms with Crippen LogP contribution in [0.25, 0.3) is 0 Å². The Morgan fingerprint density at radius 2 is 2.09 bits per heavy atom. The van der Waals surface area contributed by atoms with Gasteiger partial charge in [-0.1, -0.05) is 40.2 Å². The predicted octanol–water partition coefficient (Wildman–Crippen LogP) is 3.30. The lowest BCUT2D eigenvalue weighted by molar-refractivity contribution is -0.122. The van der Waals surface area contributed by atoms with E-state index in [1.807, 2.05) is 24.3 Å². The van der Waals surface area contributed by atoms with E-state index in [4.69, 9.17) is 0 Å². The molecule has 0 saturated carbocycles. The van der Waals surface area contributed by atoms with Crippen molar-refractivity contribution >= 4 is 21.8 Å². The second-order valence-electron chi connectivity index (χ2n) is 5.81. The SMILES string of the molecule is O=C(Cc1cc(F)cc(Br)c1)NC1CCc2ccccc2C1O. The number of amides is 1. The molecule has 0 spiro atoms. The molecule has 120 valence electrons.